The van der Waals surface area contributed by atoms with Gasteiger partial charge in [0, 0.05) is 24.5 Å². The number of aromatic nitrogens is 1. The number of nitrogens with zero attached hydrogens (tertiary/aromatic N) is 1. The first kappa shape index (κ1) is 12.1. The van der Waals surface area contributed by atoms with Crippen molar-refractivity contribution in [3.05, 3.63) is 54.4 Å². The molecule has 0 bridgehead atoms. The minimum atomic E-state index is -0.0588. The number of para-hydroxylation sites is 1. The lowest BCUT2D eigenvalue weighted by atomic mass is 10.1. The first-order chi connectivity index (χ1) is 8.77. The van der Waals surface area contributed by atoms with E-state index in [1.165, 1.54) is 6.20 Å². The third-order valence-corrected chi connectivity index (χ3v) is 2.50. The minimum absolute atomic E-state index is 0.0588. The van der Waals surface area contributed by atoms with Gasteiger partial charge in [-0.1, -0.05) is 18.2 Å². The summed E-state index contributed by atoms with van der Waals surface area (Å²) in [5, 5.41) is 0. The average molecular weight is 242 g/mol. The molecule has 0 spiro atoms. The molecular weight excluding hydrogens is 228 g/mol. The number of benzene rings is 1. The quantitative estimate of drug-likeness (QED) is 0.817. The Bertz CT molecular complexity index is 526. The lowest BCUT2D eigenvalue weighted by Gasteiger charge is -2.06. The Labute approximate surface area is 105 Å². The van der Waals surface area contributed by atoms with Crippen LogP contribution in [0.25, 0.3) is 0 Å². The van der Waals surface area contributed by atoms with Crippen molar-refractivity contribution in [3.63, 3.8) is 0 Å². The Morgan fingerprint density at radius 2 is 2.00 bits per heavy atom. The molecule has 0 unspecified atom stereocenters. The number of carbonyl (C=O) groups excluding carboxylic acids is 1. The van der Waals surface area contributed by atoms with Crippen LogP contribution in [-0.4, -0.2) is 17.4 Å². The molecule has 2 rings (SSSR count). The van der Waals surface area contributed by atoms with E-state index in [-0.39, 0.29) is 12.2 Å². The molecule has 1 heterocycles. The predicted molar refractivity (Wildman–Crippen MR) is 69.5 cm³/mol. The lowest BCUT2D eigenvalue weighted by Crippen LogP contribution is -2.09. The van der Waals surface area contributed by atoms with Crippen LogP contribution in [0, 0.1) is 0 Å². The van der Waals surface area contributed by atoms with Crippen LogP contribution in [0.4, 0.5) is 5.69 Å². The molecule has 18 heavy (non-hydrogen) atoms. The second-order valence-electron chi connectivity index (χ2n) is 3.80. The molecular formula is C14H14N2O2. The van der Waals surface area contributed by atoms with E-state index in [9.17, 15) is 4.79 Å². The molecule has 0 aliphatic carbocycles. The van der Waals surface area contributed by atoms with Gasteiger partial charge in [-0.15, -0.1) is 0 Å². The summed E-state index contributed by atoms with van der Waals surface area (Å²) in [6.45, 7) is 0.331. The molecule has 0 radical (unpaired) electrons. The number of Topliss-reactive ketones (excluding diaryl/α,β-unsaturated/α-hetero) is 1. The van der Waals surface area contributed by atoms with Crippen LogP contribution >= 0.6 is 0 Å². The molecule has 4 heteroatoms. The van der Waals surface area contributed by atoms with Crippen molar-refractivity contribution in [1.82, 2.24) is 4.98 Å². The van der Waals surface area contributed by atoms with Crippen molar-refractivity contribution in [2.75, 3.05) is 12.3 Å². The van der Waals surface area contributed by atoms with Gasteiger partial charge < -0.3 is 10.5 Å². The van der Waals surface area contributed by atoms with Crippen molar-refractivity contribution < 1.29 is 9.53 Å². The van der Waals surface area contributed by atoms with Gasteiger partial charge in [0.15, 0.2) is 5.78 Å². The standard InChI is InChI=1S/C14H14N2O2/c15-13-6-8-16-10-12(13)14(17)7-9-18-11-4-2-1-3-5-11/h1-6,8,10H,7,9H2,(H2,15,16). The Hall–Kier alpha value is -2.36. The highest BCUT2D eigenvalue weighted by Gasteiger charge is 2.09. The van der Waals surface area contributed by atoms with Crippen molar-refractivity contribution in [2.45, 2.75) is 6.42 Å². The number of nitrogens with two attached hydrogens (primary N) is 1. The highest BCUT2D eigenvalue weighted by atomic mass is 16.5. The molecule has 92 valence electrons. The number of anilines is 1. The van der Waals surface area contributed by atoms with E-state index in [0.717, 1.165) is 5.75 Å². The maximum absolute atomic E-state index is 11.9. The number of nitrogen functional groups attached to an aromatic ring is 1. The van der Waals surface area contributed by atoms with Crippen LogP contribution in [0.3, 0.4) is 0 Å². The second kappa shape index (κ2) is 5.82. The zero-order valence-corrected chi connectivity index (χ0v) is 9.87. The van der Waals surface area contributed by atoms with E-state index in [1.54, 1.807) is 12.3 Å². The molecule has 0 saturated carbocycles. The van der Waals surface area contributed by atoms with Gasteiger partial charge in [0.25, 0.3) is 0 Å². The molecule has 0 fully saturated rings. The predicted octanol–water partition coefficient (Wildman–Crippen LogP) is 2.32. The fourth-order valence-corrected chi connectivity index (χ4v) is 1.55. The summed E-state index contributed by atoms with van der Waals surface area (Å²) >= 11 is 0. The number of hydrogen-bond donors (Lipinski definition) is 1. The molecule has 2 aromatic rings. The lowest BCUT2D eigenvalue weighted by molar-refractivity contribution is 0.0962. The van der Waals surface area contributed by atoms with E-state index in [0.29, 0.717) is 17.9 Å². The van der Waals surface area contributed by atoms with Gasteiger partial charge in [-0.3, -0.25) is 9.78 Å². The summed E-state index contributed by atoms with van der Waals surface area (Å²) in [5.74, 6) is 0.695. The van der Waals surface area contributed by atoms with E-state index in [4.69, 9.17) is 10.5 Å². The summed E-state index contributed by atoms with van der Waals surface area (Å²) in [4.78, 5) is 15.7. The number of ether oxygens (including phenoxy) is 1. The van der Waals surface area contributed by atoms with Crippen molar-refractivity contribution in [3.8, 4) is 5.75 Å². The molecule has 1 aromatic carbocycles. The molecule has 1 aromatic heterocycles. The summed E-state index contributed by atoms with van der Waals surface area (Å²) in [6, 6.07) is 11.0. The van der Waals surface area contributed by atoms with E-state index < -0.39 is 0 Å². The number of ketones is 1. The highest BCUT2D eigenvalue weighted by molar-refractivity contribution is 6.00. The van der Waals surface area contributed by atoms with Crippen molar-refractivity contribution >= 4 is 11.5 Å². The van der Waals surface area contributed by atoms with E-state index in [1.807, 2.05) is 30.3 Å². The molecule has 0 aliphatic heterocycles. The minimum Gasteiger partial charge on any atom is -0.493 e. The molecule has 2 N–H and O–H groups in total. The van der Waals surface area contributed by atoms with Crippen molar-refractivity contribution in [1.29, 1.82) is 0 Å². The van der Waals surface area contributed by atoms with Gasteiger partial charge in [-0.25, -0.2) is 0 Å². The average Bonchev–Trinajstić information content (AvgIpc) is 2.40. The summed E-state index contributed by atoms with van der Waals surface area (Å²) < 4.78 is 5.46. The number of rotatable bonds is 5. The molecule has 0 saturated heterocycles. The van der Waals surface area contributed by atoms with Crippen LogP contribution in [0.2, 0.25) is 0 Å². The van der Waals surface area contributed by atoms with Crippen LogP contribution in [-0.2, 0) is 0 Å². The molecule has 4 nitrogen and oxygen atoms in total. The highest BCUT2D eigenvalue weighted by Crippen LogP contribution is 2.13. The van der Waals surface area contributed by atoms with Gasteiger partial charge in [0.1, 0.15) is 5.75 Å². The smallest absolute Gasteiger partial charge is 0.169 e. The Balaban J connectivity index is 1.88. The van der Waals surface area contributed by atoms with E-state index in [2.05, 4.69) is 4.98 Å². The van der Waals surface area contributed by atoms with Crippen molar-refractivity contribution in [2.24, 2.45) is 0 Å². The van der Waals surface area contributed by atoms with Gasteiger partial charge in [0.2, 0.25) is 0 Å². The maximum atomic E-state index is 11.9. The summed E-state index contributed by atoms with van der Waals surface area (Å²) in [5.41, 5.74) is 6.61. The third-order valence-electron chi connectivity index (χ3n) is 2.50. The van der Waals surface area contributed by atoms with Crippen LogP contribution in [0.15, 0.2) is 48.8 Å². The van der Waals surface area contributed by atoms with Crippen LogP contribution in [0.5, 0.6) is 5.75 Å². The topological polar surface area (TPSA) is 65.2 Å². The van der Waals surface area contributed by atoms with Gasteiger partial charge in [-0.2, -0.15) is 0 Å². The first-order valence-corrected chi connectivity index (χ1v) is 5.68. The monoisotopic (exact) mass is 242 g/mol. The zero-order valence-electron chi connectivity index (χ0n) is 9.87. The Kier molecular flexibility index (Phi) is 3.91. The van der Waals surface area contributed by atoms with Gasteiger partial charge in [0.05, 0.1) is 12.2 Å². The fraction of sp³-hybridized carbons (Fsp3) is 0.143. The third kappa shape index (κ3) is 3.07. The first-order valence-electron chi connectivity index (χ1n) is 5.68. The van der Waals surface area contributed by atoms with Crippen LogP contribution in [0.1, 0.15) is 16.8 Å². The number of carbonyl (C=O) groups is 1. The van der Waals surface area contributed by atoms with Crippen LogP contribution < -0.4 is 10.5 Å². The number of pyridine rings is 1. The Morgan fingerprint density at radius 1 is 1.22 bits per heavy atom. The SMILES string of the molecule is Nc1ccncc1C(=O)CCOc1ccccc1. The maximum Gasteiger partial charge on any atom is 0.169 e. The Morgan fingerprint density at radius 3 is 2.72 bits per heavy atom. The summed E-state index contributed by atoms with van der Waals surface area (Å²) in [7, 11) is 0. The fourth-order valence-electron chi connectivity index (χ4n) is 1.55. The van der Waals surface area contributed by atoms with Gasteiger partial charge in [-0.05, 0) is 18.2 Å². The van der Waals surface area contributed by atoms with Gasteiger partial charge >= 0.3 is 0 Å². The zero-order chi connectivity index (χ0) is 12.8. The molecule has 0 amide bonds. The molecule has 0 atom stereocenters. The summed E-state index contributed by atoms with van der Waals surface area (Å²) in [6.07, 6.45) is 3.33. The second-order valence-corrected chi connectivity index (χ2v) is 3.80. The van der Waals surface area contributed by atoms with E-state index >= 15 is 0 Å². The normalized spacial score (nSPS) is 10.0. The molecule has 0 aliphatic rings. The number of hydrogen-bond acceptors (Lipinski definition) is 4. The largest absolute Gasteiger partial charge is 0.493 e.